The molecule has 0 amide bonds. The van der Waals surface area contributed by atoms with E-state index in [1.165, 1.54) is 5.56 Å². The lowest BCUT2D eigenvalue weighted by molar-refractivity contribution is 1.21. The zero-order valence-corrected chi connectivity index (χ0v) is 14.0. The van der Waals surface area contributed by atoms with Crippen molar-refractivity contribution in [2.24, 2.45) is 0 Å². The molecule has 1 heterocycles. The molecule has 0 aliphatic rings. The van der Waals surface area contributed by atoms with Gasteiger partial charge < -0.3 is 5.32 Å². The molecule has 1 aromatic heterocycles. The van der Waals surface area contributed by atoms with Crippen LogP contribution in [0.2, 0.25) is 5.02 Å². The summed E-state index contributed by atoms with van der Waals surface area (Å²) in [6.07, 6.45) is 0. The van der Waals surface area contributed by atoms with E-state index in [0.717, 1.165) is 26.8 Å². The summed E-state index contributed by atoms with van der Waals surface area (Å²) in [5.74, 6) is 1.42. The number of benzene rings is 2. The first-order chi connectivity index (χ1) is 10.1. The summed E-state index contributed by atoms with van der Waals surface area (Å²) in [5, 5.41) is 4.77. The van der Waals surface area contributed by atoms with Crippen LogP contribution < -0.4 is 5.32 Å². The number of nitrogens with one attached hydrogen (secondary N) is 1. The molecule has 0 unspecified atom stereocenters. The van der Waals surface area contributed by atoms with E-state index in [1.54, 1.807) is 0 Å². The average molecular weight is 363 g/mol. The Morgan fingerprint density at radius 1 is 1.10 bits per heavy atom. The second-order valence-corrected chi connectivity index (χ2v) is 6.11. The van der Waals surface area contributed by atoms with Crippen LogP contribution in [-0.4, -0.2) is 17.0 Å². The Bertz CT molecular complexity index is 833. The van der Waals surface area contributed by atoms with E-state index >= 15 is 0 Å². The van der Waals surface area contributed by atoms with Gasteiger partial charge >= 0.3 is 0 Å². The van der Waals surface area contributed by atoms with Crippen LogP contribution in [0.3, 0.4) is 0 Å². The Balaban J connectivity index is 2.26. The van der Waals surface area contributed by atoms with Gasteiger partial charge in [0.2, 0.25) is 0 Å². The van der Waals surface area contributed by atoms with Gasteiger partial charge in [-0.2, -0.15) is 0 Å². The number of anilines is 1. The molecular formula is C16H13BrClN3. The number of aryl methyl sites for hydroxylation is 1. The van der Waals surface area contributed by atoms with Crippen molar-refractivity contribution >= 4 is 44.3 Å². The van der Waals surface area contributed by atoms with Crippen LogP contribution in [0.15, 0.2) is 40.9 Å². The monoisotopic (exact) mass is 361 g/mol. The fraction of sp³-hybridized carbons (Fsp3) is 0.125. The molecule has 0 bridgehead atoms. The van der Waals surface area contributed by atoms with Gasteiger partial charge in [0.1, 0.15) is 5.82 Å². The van der Waals surface area contributed by atoms with Gasteiger partial charge in [0.05, 0.1) is 10.5 Å². The predicted octanol–water partition coefficient (Wildman–Crippen LogP) is 5.06. The summed E-state index contributed by atoms with van der Waals surface area (Å²) in [5.41, 5.74) is 2.89. The summed E-state index contributed by atoms with van der Waals surface area (Å²) in [6, 6.07) is 11.8. The van der Waals surface area contributed by atoms with Crippen molar-refractivity contribution < 1.29 is 0 Å². The number of hydrogen-bond donors (Lipinski definition) is 1. The Kier molecular flexibility index (Phi) is 3.83. The average Bonchev–Trinajstić information content (AvgIpc) is 2.46. The second-order valence-electron chi connectivity index (χ2n) is 4.79. The van der Waals surface area contributed by atoms with E-state index in [2.05, 4.69) is 44.2 Å². The first-order valence-electron chi connectivity index (χ1n) is 6.50. The Morgan fingerprint density at radius 2 is 1.90 bits per heavy atom. The van der Waals surface area contributed by atoms with E-state index in [9.17, 15) is 0 Å². The van der Waals surface area contributed by atoms with Gasteiger partial charge in [-0.25, -0.2) is 9.97 Å². The van der Waals surface area contributed by atoms with Gasteiger partial charge in [-0.3, -0.25) is 0 Å². The van der Waals surface area contributed by atoms with Crippen molar-refractivity contribution in [1.82, 2.24) is 9.97 Å². The van der Waals surface area contributed by atoms with Crippen LogP contribution in [0.5, 0.6) is 0 Å². The van der Waals surface area contributed by atoms with E-state index in [-0.39, 0.29) is 0 Å². The number of aromatic nitrogens is 2. The van der Waals surface area contributed by atoms with Crippen LogP contribution >= 0.6 is 27.5 Å². The number of rotatable bonds is 2. The van der Waals surface area contributed by atoms with Crippen LogP contribution in [-0.2, 0) is 0 Å². The topological polar surface area (TPSA) is 37.8 Å². The Morgan fingerprint density at radius 3 is 2.62 bits per heavy atom. The van der Waals surface area contributed by atoms with Crippen LogP contribution in [0.1, 0.15) is 5.56 Å². The van der Waals surface area contributed by atoms with Gasteiger partial charge in [-0.1, -0.05) is 39.2 Å². The van der Waals surface area contributed by atoms with Gasteiger partial charge in [0, 0.05) is 22.5 Å². The largest absolute Gasteiger partial charge is 0.373 e. The molecule has 3 rings (SSSR count). The molecule has 2 aromatic carbocycles. The summed E-state index contributed by atoms with van der Waals surface area (Å²) < 4.78 is 0.932. The zero-order chi connectivity index (χ0) is 15.0. The smallest absolute Gasteiger partial charge is 0.163 e. The van der Waals surface area contributed by atoms with Crippen LogP contribution in [0, 0.1) is 6.92 Å². The summed E-state index contributed by atoms with van der Waals surface area (Å²) in [7, 11) is 1.86. The second kappa shape index (κ2) is 5.62. The minimum absolute atomic E-state index is 0.619. The third-order valence-electron chi connectivity index (χ3n) is 3.26. The molecule has 0 aliphatic heterocycles. The predicted molar refractivity (Wildman–Crippen MR) is 92.0 cm³/mol. The van der Waals surface area contributed by atoms with E-state index in [0.29, 0.717) is 10.8 Å². The lowest BCUT2D eigenvalue weighted by atomic mass is 10.1. The van der Waals surface area contributed by atoms with Crippen LogP contribution in [0.25, 0.3) is 22.3 Å². The molecule has 0 atom stereocenters. The molecule has 5 heteroatoms. The fourth-order valence-electron chi connectivity index (χ4n) is 2.22. The molecule has 106 valence electrons. The Labute approximate surface area is 136 Å². The molecule has 1 N–H and O–H groups in total. The number of halogens is 2. The standard InChI is InChI=1S/C16H13BrClN3/c1-9-3-6-14-12(7-9)15(19-2)21-16(20-14)11-5-4-10(17)8-13(11)18/h3-8H,1-2H3,(H,19,20,21). The summed E-state index contributed by atoms with van der Waals surface area (Å²) in [6.45, 7) is 2.05. The van der Waals surface area contributed by atoms with E-state index < -0.39 is 0 Å². The maximum atomic E-state index is 6.31. The van der Waals surface area contributed by atoms with Crippen molar-refractivity contribution in [3.8, 4) is 11.4 Å². The van der Waals surface area contributed by atoms with Crippen molar-refractivity contribution in [2.75, 3.05) is 12.4 Å². The quantitative estimate of drug-likeness (QED) is 0.692. The summed E-state index contributed by atoms with van der Waals surface area (Å²) in [4.78, 5) is 9.23. The lowest BCUT2D eigenvalue weighted by Gasteiger charge is -2.10. The van der Waals surface area contributed by atoms with Gasteiger partial charge in [0.15, 0.2) is 5.82 Å². The summed E-state index contributed by atoms with van der Waals surface area (Å²) >= 11 is 9.71. The number of fused-ring (bicyclic) bond motifs is 1. The van der Waals surface area contributed by atoms with Crippen molar-refractivity contribution in [3.63, 3.8) is 0 Å². The molecule has 3 nitrogen and oxygen atoms in total. The minimum atomic E-state index is 0.619. The first kappa shape index (κ1) is 14.3. The molecule has 0 saturated carbocycles. The highest BCUT2D eigenvalue weighted by Crippen LogP contribution is 2.31. The molecule has 0 fully saturated rings. The molecule has 21 heavy (non-hydrogen) atoms. The number of nitrogens with zero attached hydrogens (tertiary/aromatic N) is 2. The normalized spacial score (nSPS) is 10.9. The van der Waals surface area contributed by atoms with Crippen molar-refractivity contribution in [1.29, 1.82) is 0 Å². The fourth-order valence-corrected chi connectivity index (χ4v) is 2.98. The maximum absolute atomic E-state index is 6.31. The minimum Gasteiger partial charge on any atom is -0.373 e. The third-order valence-corrected chi connectivity index (χ3v) is 4.07. The maximum Gasteiger partial charge on any atom is 0.163 e. The van der Waals surface area contributed by atoms with E-state index in [4.69, 9.17) is 11.6 Å². The molecule has 0 saturated heterocycles. The molecule has 0 spiro atoms. The number of hydrogen-bond acceptors (Lipinski definition) is 3. The highest BCUT2D eigenvalue weighted by Gasteiger charge is 2.11. The van der Waals surface area contributed by atoms with Gasteiger partial charge in [0.25, 0.3) is 0 Å². The lowest BCUT2D eigenvalue weighted by Crippen LogP contribution is -1.99. The third kappa shape index (κ3) is 2.74. The van der Waals surface area contributed by atoms with Crippen molar-refractivity contribution in [2.45, 2.75) is 6.92 Å². The highest BCUT2D eigenvalue weighted by molar-refractivity contribution is 9.10. The van der Waals surface area contributed by atoms with E-state index in [1.807, 2.05) is 37.4 Å². The SMILES string of the molecule is CNc1nc(-c2ccc(Br)cc2Cl)nc2ccc(C)cc12. The first-order valence-corrected chi connectivity index (χ1v) is 7.67. The Hall–Kier alpha value is -1.65. The van der Waals surface area contributed by atoms with Crippen molar-refractivity contribution in [3.05, 3.63) is 51.5 Å². The molecule has 0 radical (unpaired) electrons. The highest BCUT2D eigenvalue weighted by atomic mass is 79.9. The van der Waals surface area contributed by atoms with Crippen LogP contribution in [0.4, 0.5) is 5.82 Å². The molecular weight excluding hydrogens is 350 g/mol. The molecule has 3 aromatic rings. The zero-order valence-electron chi connectivity index (χ0n) is 11.6. The molecule has 0 aliphatic carbocycles. The van der Waals surface area contributed by atoms with Gasteiger partial charge in [-0.05, 0) is 37.3 Å². The van der Waals surface area contributed by atoms with Gasteiger partial charge in [-0.15, -0.1) is 0 Å².